The molecule has 1 aliphatic rings. The van der Waals surface area contributed by atoms with Crippen LogP contribution in [0, 0.1) is 13.8 Å². The van der Waals surface area contributed by atoms with Crippen LogP contribution >= 0.6 is 23.8 Å². The third-order valence-electron chi connectivity index (χ3n) is 6.90. The first-order valence-corrected chi connectivity index (χ1v) is 12.8. The lowest BCUT2D eigenvalue weighted by molar-refractivity contribution is 0.471. The number of hydrogen-bond donors (Lipinski definition) is 2. The number of hydrogen-bond acceptors (Lipinski definition) is 3. The Morgan fingerprint density at radius 1 is 1.03 bits per heavy atom. The summed E-state index contributed by atoms with van der Waals surface area (Å²) < 4.78 is 2.05. The number of aromatic nitrogens is 2. The maximum absolute atomic E-state index is 10.7. The molecular weight excluding hydrogens is 488 g/mol. The van der Waals surface area contributed by atoms with Gasteiger partial charge in [0.2, 0.25) is 0 Å². The van der Waals surface area contributed by atoms with E-state index in [2.05, 4.69) is 66.3 Å². The van der Waals surface area contributed by atoms with E-state index in [4.69, 9.17) is 23.8 Å². The van der Waals surface area contributed by atoms with Crippen LogP contribution in [-0.4, -0.2) is 19.8 Å². The van der Waals surface area contributed by atoms with Crippen LogP contribution < -0.4 is 10.2 Å². The van der Waals surface area contributed by atoms with Gasteiger partial charge in [-0.25, -0.2) is 0 Å². The first kappa shape index (κ1) is 24.3. The average molecular weight is 517 g/mol. The van der Waals surface area contributed by atoms with Gasteiger partial charge < -0.3 is 19.9 Å². The van der Waals surface area contributed by atoms with E-state index in [1.54, 1.807) is 18.2 Å². The van der Waals surface area contributed by atoms with Crippen molar-refractivity contribution in [1.29, 1.82) is 0 Å². The van der Waals surface area contributed by atoms with Crippen molar-refractivity contribution in [2.45, 2.75) is 45.7 Å². The molecule has 0 radical (unpaired) electrons. The predicted molar refractivity (Wildman–Crippen MR) is 150 cm³/mol. The number of nitrogens with zero attached hydrogens (tertiary/aromatic N) is 3. The summed E-state index contributed by atoms with van der Waals surface area (Å²) in [6.07, 6.45) is 1.81. The maximum atomic E-state index is 10.7. The number of phenolic OH excluding ortho intramolecular Hbond substituents is 1. The van der Waals surface area contributed by atoms with Gasteiger partial charge in [0.1, 0.15) is 5.75 Å². The first-order valence-electron chi connectivity index (χ1n) is 12.0. The number of pyridine rings is 1. The smallest absolute Gasteiger partial charge is 0.174 e. The SMILES string of the molecule is Cc1cc([C@H]2[C@@H](c3ccccn3)NC(=S)N2c2ccc(C(C)C)cc2)c(C)n1-c1cc(Cl)ccc1O. The molecule has 2 N–H and O–H groups in total. The normalized spacial score (nSPS) is 17.6. The Bertz CT molecular complexity index is 1420. The fraction of sp³-hybridized carbons (Fsp3) is 0.241. The molecule has 2 aromatic heterocycles. The molecule has 1 fully saturated rings. The number of phenols is 1. The van der Waals surface area contributed by atoms with Crippen LogP contribution in [0.3, 0.4) is 0 Å². The van der Waals surface area contributed by atoms with E-state index in [1.165, 1.54) is 5.56 Å². The molecule has 1 saturated heterocycles. The zero-order chi connectivity index (χ0) is 25.6. The van der Waals surface area contributed by atoms with Gasteiger partial charge in [-0.2, -0.15) is 0 Å². The number of benzene rings is 2. The second-order valence-corrected chi connectivity index (χ2v) is 10.4. The summed E-state index contributed by atoms with van der Waals surface area (Å²) in [5.41, 5.74) is 6.97. The van der Waals surface area contributed by atoms with Crippen LogP contribution in [0.2, 0.25) is 5.02 Å². The molecule has 5 rings (SSSR count). The topological polar surface area (TPSA) is 53.3 Å². The van der Waals surface area contributed by atoms with E-state index in [1.807, 2.05) is 35.9 Å². The summed E-state index contributed by atoms with van der Waals surface area (Å²) in [5.74, 6) is 0.624. The Kier molecular flexibility index (Phi) is 6.49. The molecule has 0 aliphatic carbocycles. The molecule has 1 aliphatic heterocycles. The Morgan fingerprint density at radius 3 is 2.44 bits per heavy atom. The van der Waals surface area contributed by atoms with Crippen molar-refractivity contribution in [1.82, 2.24) is 14.9 Å². The van der Waals surface area contributed by atoms with Crippen molar-refractivity contribution in [2.75, 3.05) is 4.90 Å². The molecule has 184 valence electrons. The van der Waals surface area contributed by atoms with Crippen molar-refractivity contribution < 1.29 is 5.11 Å². The van der Waals surface area contributed by atoms with Gasteiger partial charge in [-0.1, -0.05) is 43.6 Å². The highest BCUT2D eigenvalue weighted by Gasteiger charge is 2.42. The van der Waals surface area contributed by atoms with Crippen molar-refractivity contribution in [3.05, 3.63) is 106 Å². The summed E-state index contributed by atoms with van der Waals surface area (Å²) in [6.45, 7) is 8.49. The summed E-state index contributed by atoms with van der Waals surface area (Å²) in [7, 11) is 0. The van der Waals surface area contributed by atoms with E-state index < -0.39 is 0 Å². The van der Waals surface area contributed by atoms with E-state index in [-0.39, 0.29) is 17.8 Å². The molecule has 0 unspecified atom stereocenters. The van der Waals surface area contributed by atoms with Crippen LogP contribution in [-0.2, 0) is 0 Å². The maximum Gasteiger partial charge on any atom is 0.174 e. The molecule has 0 bridgehead atoms. The molecule has 2 aromatic carbocycles. The van der Waals surface area contributed by atoms with Gasteiger partial charge in [0.25, 0.3) is 0 Å². The lowest BCUT2D eigenvalue weighted by atomic mass is 9.96. The van der Waals surface area contributed by atoms with Crippen LogP contribution in [0.4, 0.5) is 5.69 Å². The lowest BCUT2D eigenvalue weighted by Gasteiger charge is -2.28. The standard InChI is InChI=1S/C29H29ClN4OS/c1-17(2)20-8-11-22(12-9-20)34-28(27(32-29(34)36)24-7-5-6-14-31-24)23-15-18(3)33(19(23)4)25-16-21(30)10-13-26(25)35/h5-17,27-28,35H,1-4H3,(H,32,36)/t27-,28+/m1/s1. The largest absolute Gasteiger partial charge is 0.506 e. The number of aryl methyl sites for hydroxylation is 1. The highest BCUT2D eigenvalue weighted by molar-refractivity contribution is 7.80. The quantitative estimate of drug-likeness (QED) is 0.276. The molecule has 5 nitrogen and oxygen atoms in total. The van der Waals surface area contributed by atoms with Crippen molar-refractivity contribution in [3.8, 4) is 11.4 Å². The molecule has 0 saturated carbocycles. The molecular formula is C29H29ClN4OS. The number of rotatable bonds is 5. The summed E-state index contributed by atoms with van der Waals surface area (Å²) >= 11 is 12.2. The highest BCUT2D eigenvalue weighted by atomic mass is 35.5. The van der Waals surface area contributed by atoms with E-state index in [9.17, 15) is 5.11 Å². The molecule has 0 spiro atoms. The van der Waals surface area contributed by atoms with Gasteiger partial charge in [0.05, 0.1) is 23.5 Å². The molecule has 2 atom stereocenters. The zero-order valence-corrected chi connectivity index (χ0v) is 22.3. The Morgan fingerprint density at radius 2 is 1.78 bits per heavy atom. The fourth-order valence-electron chi connectivity index (χ4n) is 5.10. The van der Waals surface area contributed by atoms with Crippen molar-refractivity contribution in [3.63, 3.8) is 0 Å². The van der Waals surface area contributed by atoms with Gasteiger partial charge in [-0.05, 0) is 91.6 Å². The van der Waals surface area contributed by atoms with Crippen LogP contribution in [0.1, 0.15) is 60.1 Å². The molecule has 4 aromatic rings. The average Bonchev–Trinajstić information content (AvgIpc) is 3.36. The van der Waals surface area contributed by atoms with Crippen molar-refractivity contribution in [2.24, 2.45) is 0 Å². The number of thiocarbonyl (C=S) groups is 1. The molecule has 0 amide bonds. The molecule has 7 heteroatoms. The predicted octanol–water partition coefficient (Wildman–Crippen LogP) is 7.15. The van der Waals surface area contributed by atoms with Gasteiger partial charge in [0.15, 0.2) is 5.11 Å². The van der Waals surface area contributed by atoms with Gasteiger partial charge >= 0.3 is 0 Å². The molecule has 36 heavy (non-hydrogen) atoms. The minimum absolute atomic E-state index is 0.140. The summed E-state index contributed by atoms with van der Waals surface area (Å²) in [4.78, 5) is 6.85. The van der Waals surface area contributed by atoms with E-state index in [0.717, 1.165) is 28.3 Å². The van der Waals surface area contributed by atoms with Gasteiger partial charge in [-0.15, -0.1) is 0 Å². The van der Waals surface area contributed by atoms with E-state index >= 15 is 0 Å². The second kappa shape index (κ2) is 9.60. The summed E-state index contributed by atoms with van der Waals surface area (Å²) in [5, 5.41) is 15.4. The Labute approximate surface area is 222 Å². The monoisotopic (exact) mass is 516 g/mol. The van der Waals surface area contributed by atoms with Crippen LogP contribution in [0.15, 0.2) is 72.9 Å². The van der Waals surface area contributed by atoms with Crippen molar-refractivity contribution >= 4 is 34.6 Å². The first-order chi connectivity index (χ1) is 17.3. The highest BCUT2D eigenvalue weighted by Crippen LogP contribution is 2.44. The number of nitrogens with one attached hydrogen (secondary N) is 1. The second-order valence-electron chi connectivity index (χ2n) is 9.54. The van der Waals surface area contributed by atoms with Gasteiger partial charge in [-0.3, -0.25) is 4.98 Å². The minimum atomic E-state index is -0.148. The summed E-state index contributed by atoms with van der Waals surface area (Å²) in [6, 6.07) is 21.5. The van der Waals surface area contributed by atoms with Gasteiger partial charge in [0, 0.05) is 28.3 Å². The van der Waals surface area contributed by atoms with Crippen LogP contribution in [0.25, 0.3) is 5.69 Å². The lowest BCUT2D eigenvalue weighted by Crippen LogP contribution is -2.29. The van der Waals surface area contributed by atoms with E-state index in [0.29, 0.717) is 21.7 Å². The number of aromatic hydroxyl groups is 1. The number of anilines is 1. The number of halogens is 1. The van der Waals surface area contributed by atoms with Crippen LogP contribution in [0.5, 0.6) is 5.75 Å². The molecule has 3 heterocycles. The fourth-order valence-corrected chi connectivity index (χ4v) is 5.61. The third-order valence-corrected chi connectivity index (χ3v) is 7.45. The minimum Gasteiger partial charge on any atom is -0.506 e. The Balaban J connectivity index is 1.67. The third kappa shape index (κ3) is 4.25. The zero-order valence-electron chi connectivity index (χ0n) is 20.7. The Hall–Kier alpha value is -3.35.